The summed E-state index contributed by atoms with van der Waals surface area (Å²) in [5.74, 6) is 0. The zero-order valence-electron chi connectivity index (χ0n) is 26.2. The van der Waals surface area contributed by atoms with Crippen LogP contribution in [0.1, 0.15) is 103 Å². The van der Waals surface area contributed by atoms with Gasteiger partial charge in [0.2, 0.25) is 0 Å². The van der Waals surface area contributed by atoms with E-state index < -0.39 is 18.5 Å². The first-order valence-corrected chi connectivity index (χ1v) is 16.3. The zero-order chi connectivity index (χ0) is 29.8. The van der Waals surface area contributed by atoms with E-state index in [-0.39, 0.29) is 25.4 Å². The molecule has 5 atom stereocenters. The van der Waals surface area contributed by atoms with E-state index in [1.807, 2.05) is 0 Å². The first-order chi connectivity index (χ1) is 20.2. The van der Waals surface area contributed by atoms with Crippen LogP contribution in [0.4, 0.5) is 0 Å². The lowest BCUT2D eigenvalue weighted by molar-refractivity contribution is -0.276. The minimum atomic E-state index is -0.719. The maximum atomic E-state index is 10.4. The molecular formula is C34H62O7. The molecule has 0 unspecified atom stereocenters. The van der Waals surface area contributed by atoms with Gasteiger partial charge in [0, 0.05) is 13.0 Å². The molecule has 0 bridgehead atoms. The average molecular weight is 583 g/mol. The van der Waals surface area contributed by atoms with E-state index in [4.69, 9.17) is 28.4 Å². The first kappa shape index (κ1) is 38.0. The van der Waals surface area contributed by atoms with Crippen LogP contribution in [-0.2, 0) is 28.4 Å². The molecule has 1 fully saturated rings. The van der Waals surface area contributed by atoms with Gasteiger partial charge in [-0.15, -0.1) is 19.7 Å². The summed E-state index contributed by atoms with van der Waals surface area (Å²) in [5.41, 5.74) is 0. The van der Waals surface area contributed by atoms with Crippen molar-refractivity contribution in [2.45, 2.75) is 134 Å². The van der Waals surface area contributed by atoms with E-state index in [2.05, 4.69) is 26.7 Å². The van der Waals surface area contributed by atoms with Gasteiger partial charge in [-0.05, 0) is 6.42 Å². The maximum Gasteiger partial charge on any atom is 0.160 e. The van der Waals surface area contributed by atoms with Crippen molar-refractivity contribution >= 4 is 0 Å². The molecule has 1 saturated heterocycles. The summed E-state index contributed by atoms with van der Waals surface area (Å²) in [4.78, 5) is 0. The van der Waals surface area contributed by atoms with Crippen LogP contribution in [0.25, 0.3) is 0 Å². The molecule has 0 spiro atoms. The normalized spacial score (nSPS) is 21.5. The summed E-state index contributed by atoms with van der Waals surface area (Å²) in [6.45, 7) is 16.0. The van der Waals surface area contributed by atoms with E-state index in [0.29, 0.717) is 39.5 Å². The largest absolute Gasteiger partial charge is 0.388 e. The van der Waals surface area contributed by atoms with Gasteiger partial charge in [0.1, 0.15) is 18.3 Å². The predicted molar refractivity (Wildman–Crippen MR) is 167 cm³/mol. The van der Waals surface area contributed by atoms with Gasteiger partial charge in [0.05, 0.1) is 45.7 Å². The van der Waals surface area contributed by atoms with Gasteiger partial charge in [0.25, 0.3) is 0 Å². The average Bonchev–Trinajstić information content (AvgIpc) is 2.98. The second-order valence-corrected chi connectivity index (χ2v) is 11.1. The number of hydrogen-bond acceptors (Lipinski definition) is 7. The topological polar surface area (TPSA) is 75.6 Å². The van der Waals surface area contributed by atoms with Gasteiger partial charge in [-0.1, -0.05) is 109 Å². The monoisotopic (exact) mass is 582 g/mol. The SMILES string of the molecule is C=CCOC[C@H]1O[C@@H](OC[C@H](O)COCCCCCCCCCCCCCCCC)C[C@@H](OCC=C)[C@@H]1OCC=C. The molecule has 0 aliphatic carbocycles. The van der Waals surface area contributed by atoms with Crippen LogP contribution in [0.5, 0.6) is 0 Å². The lowest BCUT2D eigenvalue weighted by Crippen LogP contribution is -2.53. The number of aliphatic hydroxyl groups excluding tert-OH is 1. The van der Waals surface area contributed by atoms with Gasteiger partial charge in [-0.2, -0.15) is 0 Å². The third kappa shape index (κ3) is 20.5. The fourth-order valence-electron chi connectivity index (χ4n) is 5.03. The molecule has 0 aromatic heterocycles. The zero-order valence-corrected chi connectivity index (χ0v) is 26.2. The lowest BCUT2D eigenvalue weighted by Gasteiger charge is -2.41. The van der Waals surface area contributed by atoms with Gasteiger partial charge >= 0.3 is 0 Å². The van der Waals surface area contributed by atoms with Crippen molar-refractivity contribution in [3.8, 4) is 0 Å². The summed E-state index contributed by atoms with van der Waals surface area (Å²) in [7, 11) is 0. The highest BCUT2D eigenvalue weighted by Gasteiger charge is 2.41. The molecule has 0 amide bonds. The molecule has 7 nitrogen and oxygen atoms in total. The van der Waals surface area contributed by atoms with Crippen LogP contribution in [0, 0.1) is 0 Å². The Labute approximate surface area is 251 Å². The number of rotatable bonds is 30. The van der Waals surface area contributed by atoms with Gasteiger partial charge < -0.3 is 33.5 Å². The van der Waals surface area contributed by atoms with Gasteiger partial charge in [-0.25, -0.2) is 0 Å². The highest BCUT2D eigenvalue weighted by molar-refractivity contribution is 4.88. The molecule has 0 radical (unpaired) electrons. The Kier molecular flexibility index (Phi) is 25.7. The summed E-state index contributed by atoms with van der Waals surface area (Å²) in [5, 5.41) is 10.4. The van der Waals surface area contributed by atoms with Crippen molar-refractivity contribution in [3.05, 3.63) is 38.0 Å². The lowest BCUT2D eigenvalue weighted by atomic mass is 10.0. The van der Waals surface area contributed by atoms with E-state index in [1.54, 1.807) is 18.2 Å². The molecule has 240 valence electrons. The predicted octanol–water partition coefficient (Wildman–Crippen LogP) is 7.32. The highest BCUT2D eigenvalue weighted by atomic mass is 16.7. The van der Waals surface area contributed by atoms with Crippen LogP contribution >= 0.6 is 0 Å². The Morgan fingerprint density at radius 3 is 1.85 bits per heavy atom. The quantitative estimate of drug-likeness (QED) is 0.0702. The summed E-state index contributed by atoms with van der Waals surface area (Å²) in [6, 6.07) is 0. The fourth-order valence-corrected chi connectivity index (χ4v) is 5.03. The van der Waals surface area contributed by atoms with Crippen LogP contribution in [0.15, 0.2) is 38.0 Å². The third-order valence-corrected chi connectivity index (χ3v) is 7.26. The first-order valence-electron chi connectivity index (χ1n) is 16.3. The van der Waals surface area contributed by atoms with Crippen molar-refractivity contribution < 1.29 is 33.5 Å². The Hall–Kier alpha value is -1.06. The van der Waals surface area contributed by atoms with Crippen molar-refractivity contribution in [1.29, 1.82) is 0 Å². The molecule has 1 aliphatic rings. The molecular weight excluding hydrogens is 520 g/mol. The minimum Gasteiger partial charge on any atom is -0.388 e. The molecule has 1 aliphatic heterocycles. The Balaban J connectivity index is 2.17. The molecule has 7 heteroatoms. The number of ether oxygens (including phenoxy) is 6. The standard InChI is InChI=1S/C34H62O7/c1-5-9-10-11-12-13-14-15-16-17-18-19-20-21-25-37-27-30(35)28-40-33-26-31(38-23-7-3)34(39-24-8-4)32(41-33)29-36-22-6-2/h6-8,30-35H,2-5,9-29H2,1H3/t30-,31-,32-,33-,34+/m1/s1. The molecule has 0 aromatic carbocycles. The van der Waals surface area contributed by atoms with Crippen molar-refractivity contribution in [3.63, 3.8) is 0 Å². The second-order valence-electron chi connectivity index (χ2n) is 11.1. The number of unbranched alkanes of at least 4 members (excludes halogenated alkanes) is 13. The van der Waals surface area contributed by atoms with Crippen LogP contribution in [0.3, 0.4) is 0 Å². The highest BCUT2D eigenvalue weighted by Crippen LogP contribution is 2.27. The molecule has 1 N–H and O–H groups in total. The Morgan fingerprint density at radius 2 is 1.27 bits per heavy atom. The third-order valence-electron chi connectivity index (χ3n) is 7.26. The molecule has 1 heterocycles. The fraction of sp³-hybridized carbons (Fsp3) is 0.824. The van der Waals surface area contributed by atoms with E-state index in [0.717, 1.165) is 6.42 Å². The van der Waals surface area contributed by atoms with Gasteiger partial charge in [0.15, 0.2) is 6.29 Å². The van der Waals surface area contributed by atoms with Crippen molar-refractivity contribution in [2.24, 2.45) is 0 Å². The molecule has 1 rings (SSSR count). The summed E-state index contributed by atoms with van der Waals surface area (Å²) < 4.78 is 35.3. The minimum absolute atomic E-state index is 0.121. The van der Waals surface area contributed by atoms with E-state index in [1.165, 1.54) is 83.5 Å². The molecule has 0 saturated carbocycles. The molecule has 0 aromatic rings. The number of aliphatic hydroxyl groups is 1. The van der Waals surface area contributed by atoms with Gasteiger partial charge in [-0.3, -0.25) is 0 Å². The van der Waals surface area contributed by atoms with E-state index in [9.17, 15) is 5.11 Å². The Morgan fingerprint density at radius 1 is 0.707 bits per heavy atom. The maximum absolute atomic E-state index is 10.4. The number of hydrogen-bond donors (Lipinski definition) is 1. The van der Waals surface area contributed by atoms with Crippen molar-refractivity contribution in [2.75, 3.05) is 46.2 Å². The second kappa shape index (κ2) is 27.8. The van der Waals surface area contributed by atoms with Crippen LogP contribution in [0.2, 0.25) is 0 Å². The van der Waals surface area contributed by atoms with Crippen LogP contribution < -0.4 is 0 Å². The van der Waals surface area contributed by atoms with E-state index >= 15 is 0 Å². The van der Waals surface area contributed by atoms with Crippen molar-refractivity contribution in [1.82, 2.24) is 0 Å². The summed E-state index contributed by atoms with van der Waals surface area (Å²) in [6.07, 6.45) is 22.0. The Bertz CT molecular complexity index is 614. The molecule has 41 heavy (non-hydrogen) atoms. The smallest absolute Gasteiger partial charge is 0.160 e. The summed E-state index contributed by atoms with van der Waals surface area (Å²) >= 11 is 0. The van der Waals surface area contributed by atoms with Crippen LogP contribution in [-0.4, -0.2) is 82.1 Å².